The van der Waals surface area contributed by atoms with E-state index in [2.05, 4.69) is 15.7 Å². The summed E-state index contributed by atoms with van der Waals surface area (Å²) in [6, 6.07) is 7.54. The molecule has 1 N–H and O–H groups in total. The maximum Gasteiger partial charge on any atom is 0.226 e. The minimum absolute atomic E-state index is 0.0768. The molecule has 0 aliphatic heterocycles. The van der Waals surface area contributed by atoms with E-state index in [-0.39, 0.29) is 12.3 Å². The van der Waals surface area contributed by atoms with E-state index in [1.807, 2.05) is 35.0 Å². The molecule has 0 atom stereocenters. The predicted molar refractivity (Wildman–Crippen MR) is 101 cm³/mol. The number of aromatic nitrogens is 1. The quantitative estimate of drug-likeness (QED) is 0.684. The van der Waals surface area contributed by atoms with Crippen molar-refractivity contribution in [3.63, 3.8) is 0 Å². The molecule has 130 valence electrons. The van der Waals surface area contributed by atoms with Gasteiger partial charge in [0.1, 0.15) is 16.5 Å². The number of thiazole rings is 1. The van der Waals surface area contributed by atoms with Crippen molar-refractivity contribution in [2.45, 2.75) is 13.0 Å². The van der Waals surface area contributed by atoms with Gasteiger partial charge in [-0.05, 0) is 29.6 Å². The topological polar surface area (TPSA) is 60.5 Å². The van der Waals surface area contributed by atoms with E-state index >= 15 is 0 Å². The first-order valence-corrected chi connectivity index (χ1v) is 9.46. The number of thiophene rings is 1. The summed E-state index contributed by atoms with van der Waals surface area (Å²) in [7, 11) is 3.21. The summed E-state index contributed by atoms with van der Waals surface area (Å²) in [5.41, 5.74) is 2.75. The number of hydrogen-bond donors (Lipinski definition) is 1. The van der Waals surface area contributed by atoms with Gasteiger partial charge in [0.15, 0.2) is 0 Å². The number of ether oxygens (including phenoxy) is 2. The third kappa shape index (κ3) is 4.37. The third-order valence-corrected chi connectivity index (χ3v) is 5.25. The van der Waals surface area contributed by atoms with Crippen LogP contribution in [0.1, 0.15) is 11.3 Å². The largest absolute Gasteiger partial charge is 0.497 e. The normalized spacial score (nSPS) is 10.5. The van der Waals surface area contributed by atoms with Crippen molar-refractivity contribution in [3.05, 3.63) is 51.7 Å². The Morgan fingerprint density at radius 2 is 2.08 bits per heavy atom. The molecule has 0 bridgehead atoms. The summed E-state index contributed by atoms with van der Waals surface area (Å²) in [4.78, 5) is 16.7. The zero-order valence-electron chi connectivity index (χ0n) is 13.9. The van der Waals surface area contributed by atoms with E-state index in [9.17, 15) is 4.79 Å². The highest BCUT2D eigenvalue weighted by Gasteiger charge is 2.11. The summed E-state index contributed by atoms with van der Waals surface area (Å²) in [5.74, 6) is 1.37. The van der Waals surface area contributed by atoms with Crippen LogP contribution in [-0.4, -0.2) is 25.1 Å². The number of carbonyl (C=O) groups is 1. The lowest BCUT2D eigenvalue weighted by Gasteiger charge is -2.11. The molecule has 0 fully saturated rings. The van der Waals surface area contributed by atoms with E-state index in [4.69, 9.17) is 9.47 Å². The van der Waals surface area contributed by atoms with Gasteiger partial charge in [0.2, 0.25) is 5.91 Å². The molecule has 0 unspecified atom stereocenters. The van der Waals surface area contributed by atoms with Crippen LogP contribution in [0.2, 0.25) is 0 Å². The molecule has 0 aliphatic rings. The molecule has 3 aromatic rings. The Kier molecular flexibility index (Phi) is 5.67. The molecule has 2 aromatic heterocycles. The Hall–Kier alpha value is -2.38. The molecule has 5 nitrogen and oxygen atoms in total. The van der Waals surface area contributed by atoms with Crippen LogP contribution in [0.25, 0.3) is 10.6 Å². The fourth-order valence-corrected chi connectivity index (χ4v) is 3.88. The van der Waals surface area contributed by atoms with Crippen molar-refractivity contribution in [1.82, 2.24) is 10.3 Å². The molecule has 3 rings (SSSR count). The Morgan fingerprint density at radius 1 is 1.20 bits per heavy atom. The van der Waals surface area contributed by atoms with E-state index in [1.54, 1.807) is 36.9 Å². The number of hydrogen-bond acceptors (Lipinski definition) is 6. The first kappa shape index (κ1) is 17.4. The zero-order valence-corrected chi connectivity index (χ0v) is 15.6. The van der Waals surface area contributed by atoms with Crippen molar-refractivity contribution < 1.29 is 14.3 Å². The van der Waals surface area contributed by atoms with E-state index in [0.29, 0.717) is 6.54 Å². The summed E-state index contributed by atoms with van der Waals surface area (Å²) in [5, 5.41) is 9.85. The Morgan fingerprint density at radius 3 is 2.80 bits per heavy atom. The minimum Gasteiger partial charge on any atom is -0.497 e. The maximum absolute atomic E-state index is 12.2. The zero-order chi connectivity index (χ0) is 17.6. The molecule has 0 radical (unpaired) electrons. The number of rotatable bonds is 7. The van der Waals surface area contributed by atoms with Crippen LogP contribution in [0.3, 0.4) is 0 Å². The van der Waals surface area contributed by atoms with Gasteiger partial charge in [-0.2, -0.15) is 11.3 Å². The van der Waals surface area contributed by atoms with Gasteiger partial charge in [-0.1, -0.05) is 0 Å². The molecular weight excluding hydrogens is 356 g/mol. The van der Waals surface area contributed by atoms with Gasteiger partial charge in [0.25, 0.3) is 0 Å². The molecule has 2 heterocycles. The molecule has 7 heteroatoms. The highest BCUT2D eigenvalue weighted by Crippen LogP contribution is 2.26. The molecule has 0 spiro atoms. The van der Waals surface area contributed by atoms with Crippen molar-refractivity contribution in [3.8, 4) is 22.1 Å². The lowest BCUT2D eigenvalue weighted by molar-refractivity contribution is -0.120. The average molecular weight is 374 g/mol. The third-order valence-electron chi connectivity index (χ3n) is 3.63. The fourth-order valence-electron chi connectivity index (χ4n) is 2.35. The fraction of sp³-hybridized carbons (Fsp3) is 0.222. The van der Waals surface area contributed by atoms with Gasteiger partial charge < -0.3 is 14.8 Å². The van der Waals surface area contributed by atoms with Crippen LogP contribution in [0.5, 0.6) is 11.5 Å². The Bertz CT molecular complexity index is 844. The maximum atomic E-state index is 12.2. The predicted octanol–water partition coefficient (Wildman–Crippen LogP) is 3.75. The van der Waals surface area contributed by atoms with Crippen molar-refractivity contribution in [1.29, 1.82) is 0 Å². The van der Waals surface area contributed by atoms with Crippen molar-refractivity contribution in [2.75, 3.05) is 14.2 Å². The van der Waals surface area contributed by atoms with Crippen LogP contribution in [-0.2, 0) is 17.8 Å². The van der Waals surface area contributed by atoms with Gasteiger partial charge in [-0.15, -0.1) is 11.3 Å². The number of amides is 1. The minimum atomic E-state index is -0.0768. The van der Waals surface area contributed by atoms with Crippen LogP contribution >= 0.6 is 22.7 Å². The van der Waals surface area contributed by atoms with Gasteiger partial charge in [-0.25, -0.2) is 4.98 Å². The first-order chi connectivity index (χ1) is 12.2. The summed E-state index contributed by atoms with van der Waals surface area (Å²) in [6.45, 7) is 0.376. The van der Waals surface area contributed by atoms with Gasteiger partial charge >= 0.3 is 0 Å². The second-order valence-electron chi connectivity index (χ2n) is 5.29. The average Bonchev–Trinajstić information content (AvgIpc) is 3.31. The monoisotopic (exact) mass is 374 g/mol. The number of benzene rings is 1. The standard InChI is InChI=1S/C18H18N2O3S2/c1-22-15-3-4-16(23-2)13(7-15)9-19-17(21)8-14-11-25-18(20-14)12-5-6-24-10-12/h3-7,10-11H,8-9H2,1-2H3,(H,19,21). The van der Waals surface area contributed by atoms with Gasteiger partial charge in [0.05, 0.1) is 26.3 Å². The molecule has 0 saturated carbocycles. The van der Waals surface area contributed by atoms with E-state index in [0.717, 1.165) is 33.3 Å². The van der Waals surface area contributed by atoms with Crippen molar-refractivity contribution in [2.24, 2.45) is 0 Å². The molecule has 1 amide bonds. The molecule has 0 saturated heterocycles. The number of methoxy groups -OCH3 is 2. The molecule has 0 aliphatic carbocycles. The Balaban J connectivity index is 1.60. The highest BCUT2D eigenvalue weighted by molar-refractivity contribution is 7.14. The first-order valence-electron chi connectivity index (χ1n) is 7.64. The van der Waals surface area contributed by atoms with E-state index < -0.39 is 0 Å². The van der Waals surface area contributed by atoms with Crippen LogP contribution in [0, 0.1) is 0 Å². The van der Waals surface area contributed by atoms with Crippen molar-refractivity contribution >= 4 is 28.6 Å². The number of carbonyl (C=O) groups excluding carboxylic acids is 1. The van der Waals surface area contributed by atoms with Crippen LogP contribution in [0.15, 0.2) is 40.4 Å². The van der Waals surface area contributed by atoms with Crippen LogP contribution in [0.4, 0.5) is 0 Å². The summed E-state index contributed by atoms with van der Waals surface area (Å²) in [6.07, 6.45) is 0.257. The number of nitrogens with one attached hydrogen (secondary N) is 1. The second kappa shape index (κ2) is 8.13. The van der Waals surface area contributed by atoms with Gasteiger partial charge in [0, 0.05) is 28.4 Å². The highest BCUT2D eigenvalue weighted by atomic mass is 32.1. The van der Waals surface area contributed by atoms with Crippen LogP contribution < -0.4 is 14.8 Å². The van der Waals surface area contributed by atoms with Gasteiger partial charge in [-0.3, -0.25) is 4.79 Å². The van der Waals surface area contributed by atoms with E-state index in [1.165, 1.54) is 0 Å². The second-order valence-corrected chi connectivity index (χ2v) is 6.93. The number of nitrogens with zero attached hydrogens (tertiary/aromatic N) is 1. The lowest BCUT2D eigenvalue weighted by atomic mass is 10.2. The Labute approximate surface area is 154 Å². The lowest BCUT2D eigenvalue weighted by Crippen LogP contribution is -2.24. The molecule has 1 aromatic carbocycles. The molecule has 25 heavy (non-hydrogen) atoms. The summed E-state index contributed by atoms with van der Waals surface area (Å²) >= 11 is 3.19. The summed E-state index contributed by atoms with van der Waals surface area (Å²) < 4.78 is 10.5. The molecular formula is C18H18N2O3S2. The smallest absolute Gasteiger partial charge is 0.226 e. The SMILES string of the molecule is COc1ccc(OC)c(CNC(=O)Cc2csc(-c3ccsc3)n2)c1.